The molecule has 0 radical (unpaired) electrons. The number of rotatable bonds is 6. The van der Waals surface area contributed by atoms with E-state index < -0.39 is 17.8 Å². The van der Waals surface area contributed by atoms with Gasteiger partial charge in [0.1, 0.15) is 12.2 Å². The summed E-state index contributed by atoms with van der Waals surface area (Å²) < 4.78 is 11.7. The maximum Gasteiger partial charge on any atom is 0.335 e. The highest BCUT2D eigenvalue weighted by Crippen LogP contribution is 2.35. The average Bonchev–Trinajstić information content (AvgIpc) is 2.71. The number of carbonyl (C=O) groups excluding carboxylic acids is 3. The minimum Gasteiger partial charge on any atom is -0.493 e. The summed E-state index contributed by atoms with van der Waals surface area (Å²) in [6.07, 6.45) is 3.01. The number of hydrogen-bond acceptors (Lipinski definition) is 5. The van der Waals surface area contributed by atoms with Crippen LogP contribution in [0.3, 0.4) is 0 Å². The quantitative estimate of drug-likeness (QED) is 0.258. The van der Waals surface area contributed by atoms with E-state index in [1.54, 1.807) is 30.3 Å². The number of halogens is 2. The predicted molar refractivity (Wildman–Crippen MR) is 122 cm³/mol. The Balaban J connectivity index is 2.01. The molecule has 9 heteroatoms. The molecule has 1 fully saturated rings. The maximum absolute atomic E-state index is 13.0. The summed E-state index contributed by atoms with van der Waals surface area (Å²) in [6, 6.07) is 8.68. The molecule has 1 aliphatic heterocycles. The van der Waals surface area contributed by atoms with E-state index in [2.05, 4.69) is 34.5 Å². The number of hydrogen-bond donors (Lipinski definition) is 1. The van der Waals surface area contributed by atoms with Crippen LogP contribution in [-0.4, -0.2) is 31.6 Å². The van der Waals surface area contributed by atoms with Crippen molar-refractivity contribution >= 4 is 63.8 Å². The number of anilines is 1. The van der Waals surface area contributed by atoms with Crippen LogP contribution in [0, 0.1) is 3.57 Å². The monoisotopic (exact) mass is 538 g/mol. The highest BCUT2D eigenvalue weighted by molar-refractivity contribution is 14.1. The van der Waals surface area contributed by atoms with Crippen molar-refractivity contribution in [1.29, 1.82) is 0 Å². The molecule has 0 aromatic heterocycles. The summed E-state index contributed by atoms with van der Waals surface area (Å²) in [5.41, 5.74) is 0.633. The van der Waals surface area contributed by atoms with E-state index in [4.69, 9.17) is 21.1 Å². The van der Waals surface area contributed by atoms with E-state index in [0.29, 0.717) is 34.4 Å². The van der Waals surface area contributed by atoms with E-state index in [1.807, 2.05) is 0 Å². The Kier molecular flexibility index (Phi) is 6.78. The van der Waals surface area contributed by atoms with Gasteiger partial charge in [-0.3, -0.25) is 14.9 Å². The van der Waals surface area contributed by atoms with E-state index in [0.717, 1.165) is 8.47 Å². The van der Waals surface area contributed by atoms with Gasteiger partial charge in [0.2, 0.25) is 0 Å². The maximum atomic E-state index is 13.0. The van der Waals surface area contributed by atoms with Crippen LogP contribution in [0.15, 0.2) is 54.6 Å². The van der Waals surface area contributed by atoms with Crippen molar-refractivity contribution < 1.29 is 23.9 Å². The molecule has 30 heavy (non-hydrogen) atoms. The molecule has 1 heterocycles. The molecule has 154 valence electrons. The van der Waals surface area contributed by atoms with Crippen molar-refractivity contribution in [2.45, 2.75) is 0 Å². The van der Waals surface area contributed by atoms with Gasteiger partial charge >= 0.3 is 6.03 Å². The van der Waals surface area contributed by atoms with Crippen molar-refractivity contribution in [3.63, 3.8) is 0 Å². The van der Waals surface area contributed by atoms with Crippen molar-refractivity contribution in [3.8, 4) is 11.5 Å². The van der Waals surface area contributed by atoms with Crippen LogP contribution in [0.4, 0.5) is 10.5 Å². The van der Waals surface area contributed by atoms with Gasteiger partial charge < -0.3 is 9.47 Å². The van der Waals surface area contributed by atoms with Gasteiger partial charge in [0, 0.05) is 5.02 Å². The van der Waals surface area contributed by atoms with Gasteiger partial charge in [-0.05, 0) is 70.6 Å². The van der Waals surface area contributed by atoms with Crippen molar-refractivity contribution in [2.24, 2.45) is 0 Å². The van der Waals surface area contributed by atoms with Crippen molar-refractivity contribution in [1.82, 2.24) is 5.32 Å². The number of amides is 4. The van der Waals surface area contributed by atoms with E-state index >= 15 is 0 Å². The second-order valence-corrected chi connectivity index (χ2v) is 7.67. The molecule has 1 saturated heterocycles. The average molecular weight is 539 g/mol. The van der Waals surface area contributed by atoms with Crippen LogP contribution >= 0.6 is 34.2 Å². The summed E-state index contributed by atoms with van der Waals surface area (Å²) in [5, 5.41) is 2.64. The van der Waals surface area contributed by atoms with Gasteiger partial charge in [0.25, 0.3) is 11.8 Å². The van der Waals surface area contributed by atoms with Gasteiger partial charge in [-0.25, -0.2) is 9.69 Å². The van der Waals surface area contributed by atoms with Gasteiger partial charge in [0.05, 0.1) is 16.4 Å². The smallest absolute Gasteiger partial charge is 0.335 e. The molecule has 7 nitrogen and oxygen atoms in total. The zero-order chi connectivity index (χ0) is 21.8. The number of nitrogens with zero attached hydrogens (tertiary/aromatic N) is 1. The predicted octanol–water partition coefficient (Wildman–Crippen LogP) is 4.18. The van der Waals surface area contributed by atoms with E-state index in [1.165, 1.54) is 25.3 Å². The molecule has 1 N–H and O–H groups in total. The van der Waals surface area contributed by atoms with Gasteiger partial charge in [-0.1, -0.05) is 24.3 Å². The number of urea groups is 1. The third kappa shape index (κ3) is 4.49. The highest BCUT2D eigenvalue weighted by Gasteiger charge is 2.36. The Morgan fingerprint density at radius 2 is 1.90 bits per heavy atom. The number of ether oxygens (including phenoxy) is 2. The van der Waals surface area contributed by atoms with Crippen LogP contribution in [0.2, 0.25) is 5.02 Å². The minimum absolute atomic E-state index is 0.192. The first-order valence-electron chi connectivity index (χ1n) is 8.64. The molecule has 2 aromatic rings. The molecule has 0 spiro atoms. The first-order chi connectivity index (χ1) is 14.3. The SMILES string of the molecule is C=CCOc1c(I)cc(C=C2C(=O)NC(=O)N(c3ccc(Cl)cc3)C2=O)cc1OC. The standard InChI is InChI=1S/C21H16ClIN2O5/c1-3-8-30-18-16(23)10-12(11-17(18)29-2)9-15-19(26)24-21(28)25(20(15)27)14-6-4-13(22)5-7-14/h3-7,9-11H,1,8H2,2H3,(H,24,26,28). The first-order valence-corrected chi connectivity index (χ1v) is 10.1. The van der Waals surface area contributed by atoms with Crippen LogP contribution in [0.1, 0.15) is 5.56 Å². The van der Waals surface area contributed by atoms with Crippen LogP contribution in [0.5, 0.6) is 11.5 Å². The topological polar surface area (TPSA) is 84.9 Å². The third-order valence-electron chi connectivity index (χ3n) is 4.09. The van der Waals surface area contributed by atoms with Gasteiger partial charge in [-0.15, -0.1) is 0 Å². The molecule has 3 rings (SSSR count). The lowest BCUT2D eigenvalue weighted by Crippen LogP contribution is -2.54. The lowest BCUT2D eigenvalue weighted by Gasteiger charge is -2.26. The molecular weight excluding hydrogens is 523 g/mol. The lowest BCUT2D eigenvalue weighted by atomic mass is 10.1. The lowest BCUT2D eigenvalue weighted by molar-refractivity contribution is -0.122. The number of barbiturate groups is 1. The summed E-state index contributed by atoms with van der Waals surface area (Å²) in [6.45, 7) is 3.91. The normalized spacial score (nSPS) is 15.2. The van der Waals surface area contributed by atoms with Gasteiger partial charge in [-0.2, -0.15) is 0 Å². The van der Waals surface area contributed by atoms with E-state index in [9.17, 15) is 14.4 Å². The Morgan fingerprint density at radius 1 is 1.20 bits per heavy atom. The van der Waals surface area contributed by atoms with Crippen LogP contribution in [-0.2, 0) is 9.59 Å². The number of imide groups is 2. The zero-order valence-electron chi connectivity index (χ0n) is 15.8. The molecular formula is C21H16ClIN2O5. The number of nitrogens with one attached hydrogen (secondary N) is 1. The number of benzene rings is 2. The molecule has 0 saturated carbocycles. The summed E-state index contributed by atoms with van der Waals surface area (Å²) in [4.78, 5) is 38.5. The van der Waals surface area contributed by atoms with Crippen molar-refractivity contribution in [2.75, 3.05) is 18.6 Å². The van der Waals surface area contributed by atoms with Crippen LogP contribution < -0.4 is 19.7 Å². The molecule has 0 bridgehead atoms. The Labute approximate surface area is 191 Å². The largest absolute Gasteiger partial charge is 0.493 e. The number of methoxy groups -OCH3 is 1. The molecule has 0 atom stereocenters. The van der Waals surface area contributed by atoms with E-state index in [-0.39, 0.29) is 5.57 Å². The molecule has 0 unspecified atom stereocenters. The Bertz CT molecular complexity index is 1070. The third-order valence-corrected chi connectivity index (χ3v) is 5.15. The van der Waals surface area contributed by atoms with Crippen molar-refractivity contribution in [3.05, 3.63) is 68.8 Å². The second-order valence-electron chi connectivity index (χ2n) is 6.07. The fraction of sp³-hybridized carbons (Fsp3) is 0.0952. The fourth-order valence-electron chi connectivity index (χ4n) is 2.75. The molecule has 4 amide bonds. The zero-order valence-corrected chi connectivity index (χ0v) is 18.7. The molecule has 1 aliphatic rings. The summed E-state index contributed by atoms with van der Waals surface area (Å²) in [7, 11) is 1.49. The van der Waals surface area contributed by atoms with Gasteiger partial charge in [0.15, 0.2) is 11.5 Å². The second kappa shape index (κ2) is 9.31. The molecule has 0 aliphatic carbocycles. The number of carbonyl (C=O) groups is 3. The summed E-state index contributed by atoms with van der Waals surface area (Å²) >= 11 is 7.94. The summed E-state index contributed by atoms with van der Waals surface area (Å²) in [5.74, 6) is -0.564. The Morgan fingerprint density at radius 3 is 2.53 bits per heavy atom. The fourth-order valence-corrected chi connectivity index (χ4v) is 3.66. The Hall–Kier alpha value is -2.85. The molecule has 2 aromatic carbocycles. The highest BCUT2D eigenvalue weighted by atomic mass is 127. The minimum atomic E-state index is -0.829. The first kappa shape index (κ1) is 21.8. The van der Waals surface area contributed by atoms with Crippen LogP contribution in [0.25, 0.3) is 6.08 Å².